The molecule has 56 valence electrons. The van der Waals surface area contributed by atoms with Crippen molar-refractivity contribution in [2.45, 2.75) is 44.3 Å². The predicted octanol–water partition coefficient (Wildman–Crippen LogP) is 1.96. The van der Waals surface area contributed by atoms with Gasteiger partial charge < -0.3 is 4.74 Å². The fourth-order valence-corrected chi connectivity index (χ4v) is 2.46. The van der Waals surface area contributed by atoms with Gasteiger partial charge in [-0.2, -0.15) is 0 Å². The van der Waals surface area contributed by atoms with Crippen molar-refractivity contribution in [2.24, 2.45) is 11.8 Å². The molecule has 0 aromatic heterocycles. The van der Waals surface area contributed by atoms with Crippen molar-refractivity contribution >= 4 is 0 Å². The van der Waals surface area contributed by atoms with Gasteiger partial charge in [0.25, 0.3) is 0 Å². The highest BCUT2D eigenvalue weighted by molar-refractivity contribution is 4.95. The van der Waals surface area contributed by atoms with Crippen molar-refractivity contribution in [3.8, 4) is 0 Å². The Morgan fingerprint density at radius 3 is 2.00 bits per heavy atom. The van der Waals surface area contributed by atoms with E-state index in [0.717, 1.165) is 11.8 Å². The van der Waals surface area contributed by atoms with Gasteiger partial charge in [0.2, 0.25) is 0 Å². The van der Waals surface area contributed by atoms with Crippen LogP contribution in [0.4, 0.5) is 0 Å². The van der Waals surface area contributed by atoms with Gasteiger partial charge in [-0.3, -0.25) is 0 Å². The zero-order valence-electron chi connectivity index (χ0n) is 6.25. The average molecular weight is 138 g/mol. The minimum absolute atomic E-state index is 0.696. The molecule has 4 atom stereocenters. The fourth-order valence-electron chi connectivity index (χ4n) is 2.46. The minimum Gasteiger partial charge on any atom is -0.370 e. The van der Waals surface area contributed by atoms with E-state index < -0.39 is 0 Å². The summed E-state index contributed by atoms with van der Waals surface area (Å²) in [5, 5.41) is 0. The van der Waals surface area contributed by atoms with Gasteiger partial charge in [-0.25, -0.2) is 0 Å². The summed E-state index contributed by atoms with van der Waals surface area (Å²) < 4.78 is 5.51. The second kappa shape index (κ2) is 1.76. The van der Waals surface area contributed by atoms with E-state index in [9.17, 15) is 0 Å². The van der Waals surface area contributed by atoms with Crippen molar-refractivity contribution < 1.29 is 4.74 Å². The third-order valence-electron chi connectivity index (χ3n) is 3.40. The molecule has 10 heavy (non-hydrogen) atoms. The Balaban J connectivity index is 1.67. The first-order valence-corrected chi connectivity index (χ1v) is 4.59. The summed E-state index contributed by atoms with van der Waals surface area (Å²) in [5.41, 5.74) is 0. The average Bonchev–Trinajstić information content (AvgIpc) is 2.70. The van der Waals surface area contributed by atoms with Crippen molar-refractivity contribution in [1.82, 2.24) is 0 Å². The second-order valence-electron chi connectivity index (χ2n) is 4.12. The van der Waals surface area contributed by atoms with E-state index in [-0.39, 0.29) is 0 Å². The molecule has 1 heteroatoms. The normalized spacial score (nSPS) is 57.6. The van der Waals surface area contributed by atoms with Gasteiger partial charge in [0.1, 0.15) is 0 Å². The standard InChI is InChI=1S/C9H14O/c1-3-8-9(10-8)4-2-7-5-6(1)7/h6-9H,1-5H2/t6?,7?,8-,9+. The summed E-state index contributed by atoms with van der Waals surface area (Å²) in [5.74, 6) is 2.23. The second-order valence-corrected chi connectivity index (χ2v) is 4.12. The highest BCUT2D eigenvalue weighted by Crippen LogP contribution is 2.50. The van der Waals surface area contributed by atoms with E-state index in [1.165, 1.54) is 25.7 Å². The molecule has 2 unspecified atom stereocenters. The highest BCUT2D eigenvalue weighted by atomic mass is 16.6. The molecule has 3 rings (SSSR count). The highest BCUT2D eigenvalue weighted by Gasteiger charge is 2.46. The SMILES string of the molecule is C1C[C@@H]2O[C@@H]2CCC2CC12. The molecule has 1 heterocycles. The summed E-state index contributed by atoms with van der Waals surface area (Å²) in [4.78, 5) is 0. The largest absolute Gasteiger partial charge is 0.370 e. The van der Waals surface area contributed by atoms with Crippen LogP contribution in [0.15, 0.2) is 0 Å². The van der Waals surface area contributed by atoms with E-state index in [2.05, 4.69) is 0 Å². The summed E-state index contributed by atoms with van der Waals surface area (Å²) in [6.45, 7) is 0. The minimum atomic E-state index is 0.696. The van der Waals surface area contributed by atoms with E-state index in [4.69, 9.17) is 4.74 Å². The van der Waals surface area contributed by atoms with Gasteiger partial charge in [0.15, 0.2) is 0 Å². The van der Waals surface area contributed by atoms with Gasteiger partial charge in [-0.15, -0.1) is 0 Å². The first kappa shape index (κ1) is 5.59. The van der Waals surface area contributed by atoms with Crippen LogP contribution in [0.25, 0.3) is 0 Å². The molecule has 3 aliphatic rings. The van der Waals surface area contributed by atoms with Crippen LogP contribution in [0, 0.1) is 11.8 Å². The van der Waals surface area contributed by atoms with Crippen molar-refractivity contribution in [1.29, 1.82) is 0 Å². The molecule has 0 radical (unpaired) electrons. The van der Waals surface area contributed by atoms with Gasteiger partial charge in [-0.1, -0.05) is 0 Å². The quantitative estimate of drug-likeness (QED) is 0.466. The van der Waals surface area contributed by atoms with Crippen LogP contribution in [0.5, 0.6) is 0 Å². The lowest BCUT2D eigenvalue weighted by Crippen LogP contribution is -2.00. The molecule has 0 aromatic rings. The maximum atomic E-state index is 5.51. The molecule has 0 bridgehead atoms. The maximum absolute atomic E-state index is 5.51. The van der Waals surface area contributed by atoms with Crippen LogP contribution >= 0.6 is 0 Å². The molecule has 0 spiro atoms. The Hall–Kier alpha value is -0.0400. The van der Waals surface area contributed by atoms with E-state index in [1.54, 1.807) is 6.42 Å². The summed E-state index contributed by atoms with van der Waals surface area (Å²) in [6, 6.07) is 0. The number of fused-ring (bicyclic) bond motifs is 2. The topological polar surface area (TPSA) is 12.5 Å². The van der Waals surface area contributed by atoms with E-state index >= 15 is 0 Å². The molecule has 3 fully saturated rings. The number of hydrogen-bond donors (Lipinski definition) is 0. The van der Waals surface area contributed by atoms with Crippen LogP contribution in [0.2, 0.25) is 0 Å². The molecule has 2 aliphatic carbocycles. The third-order valence-corrected chi connectivity index (χ3v) is 3.40. The lowest BCUT2D eigenvalue weighted by Gasteiger charge is -2.01. The van der Waals surface area contributed by atoms with E-state index in [0.29, 0.717) is 12.2 Å². The smallest absolute Gasteiger partial charge is 0.0842 e. The Kier molecular flexibility index (Phi) is 0.984. The summed E-state index contributed by atoms with van der Waals surface area (Å²) in [6.07, 6.45) is 8.59. The lowest BCUT2D eigenvalue weighted by atomic mass is 10.0. The maximum Gasteiger partial charge on any atom is 0.0842 e. The molecular weight excluding hydrogens is 124 g/mol. The Morgan fingerprint density at radius 1 is 0.800 bits per heavy atom. The van der Waals surface area contributed by atoms with Crippen LogP contribution in [-0.4, -0.2) is 12.2 Å². The zero-order valence-corrected chi connectivity index (χ0v) is 6.25. The summed E-state index contributed by atoms with van der Waals surface area (Å²) >= 11 is 0. The molecule has 1 nitrogen and oxygen atoms in total. The monoisotopic (exact) mass is 138 g/mol. The number of hydrogen-bond acceptors (Lipinski definition) is 1. The Labute approximate surface area is 61.8 Å². The molecular formula is C9H14O. The summed E-state index contributed by atoms with van der Waals surface area (Å²) in [7, 11) is 0. The molecule has 2 saturated carbocycles. The first-order chi connectivity index (χ1) is 4.93. The number of ether oxygens (including phenoxy) is 1. The van der Waals surface area contributed by atoms with Gasteiger partial charge in [0, 0.05) is 0 Å². The molecule has 1 aliphatic heterocycles. The fraction of sp³-hybridized carbons (Fsp3) is 1.00. The Bertz CT molecular complexity index is 121. The van der Waals surface area contributed by atoms with Gasteiger partial charge in [0.05, 0.1) is 12.2 Å². The molecule has 0 aromatic carbocycles. The first-order valence-electron chi connectivity index (χ1n) is 4.59. The Morgan fingerprint density at radius 2 is 1.40 bits per heavy atom. The predicted molar refractivity (Wildman–Crippen MR) is 38.7 cm³/mol. The van der Waals surface area contributed by atoms with Crippen LogP contribution in [0.3, 0.4) is 0 Å². The number of rotatable bonds is 0. The molecule has 1 saturated heterocycles. The zero-order chi connectivity index (χ0) is 6.55. The van der Waals surface area contributed by atoms with E-state index in [1.807, 2.05) is 0 Å². The molecule has 0 N–H and O–H groups in total. The van der Waals surface area contributed by atoms with Crippen molar-refractivity contribution in [2.75, 3.05) is 0 Å². The third kappa shape index (κ3) is 0.800. The lowest BCUT2D eigenvalue weighted by molar-refractivity contribution is 0.354. The van der Waals surface area contributed by atoms with Crippen LogP contribution in [-0.2, 0) is 4.74 Å². The van der Waals surface area contributed by atoms with Crippen LogP contribution < -0.4 is 0 Å². The van der Waals surface area contributed by atoms with Crippen LogP contribution in [0.1, 0.15) is 32.1 Å². The van der Waals surface area contributed by atoms with Gasteiger partial charge in [-0.05, 0) is 43.9 Å². The van der Waals surface area contributed by atoms with Gasteiger partial charge >= 0.3 is 0 Å². The molecule has 0 amide bonds. The van der Waals surface area contributed by atoms with Crippen molar-refractivity contribution in [3.05, 3.63) is 0 Å². The number of epoxide rings is 1. The van der Waals surface area contributed by atoms with Crippen molar-refractivity contribution in [3.63, 3.8) is 0 Å².